The van der Waals surface area contributed by atoms with Crippen LogP contribution < -0.4 is 10.1 Å². The van der Waals surface area contributed by atoms with Crippen molar-refractivity contribution >= 4 is 23.2 Å². The molecule has 1 aromatic heterocycles. The van der Waals surface area contributed by atoms with E-state index in [2.05, 4.69) is 15.0 Å². The van der Waals surface area contributed by atoms with E-state index >= 15 is 0 Å². The Bertz CT molecular complexity index is 623. The number of aromatic nitrogens is 1. The van der Waals surface area contributed by atoms with E-state index in [1.807, 2.05) is 0 Å². The summed E-state index contributed by atoms with van der Waals surface area (Å²) in [7, 11) is 0. The number of ether oxygens (including phenoxy) is 1. The van der Waals surface area contributed by atoms with Crippen LogP contribution in [0.3, 0.4) is 0 Å². The minimum atomic E-state index is -2.94. The molecule has 0 aliphatic rings. The van der Waals surface area contributed by atoms with Crippen molar-refractivity contribution in [3.63, 3.8) is 0 Å². The minimum absolute atomic E-state index is 0.0830. The number of nitrogens with zero attached hydrogens (tertiary/aromatic N) is 1. The van der Waals surface area contributed by atoms with E-state index in [0.717, 1.165) is 0 Å². The smallest absolute Gasteiger partial charge is 0.387 e. The summed E-state index contributed by atoms with van der Waals surface area (Å²) in [6.45, 7) is -2.94. The lowest BCUT2D eigenvalue weighted by molar-refractivity contribution is -0.0498. The number of nitrogens with one attached hydrogen (secondary N) is 1. The van der Waals surface area contributed by atoms with Crippen LogP contribution in [0.1, 0.15) is 10.4 Å². The normalized spacial score (nSPS) is 10.4. The number of carbonyl (C=O) groups excluding carboxylic acids is 1. The van der Waals surface area contributed by atoms with E-state index in [1.165, 1.54) is 36.5 Å². The average molecular weight is 299 g/mol. The predicted molar refractivity (Wildman–Crippen MR) is 70.3 cm³/mol. The van der Waals surface area contributed by atoms with Gasteiger partial charge in [-0.25, -0.2) is 4.98 Å². The van der Waals surface area contributed by atoms with Crippen molar-refractivity contribution in [3.8, 4) is 5.75 Å². The Morgan fingerprint density at radius 2 is 2.10 bits per heavy atom. The summed E-state index contributed by atoms with van der Waals surface area (Å²) < 4.78 is 28.4. The van der Waals surface area contributed by atoms with Gasteiger partial charge >= 0.3 is 6.61 Å². The molecule has 1 aromatic carbocycles. The van der Waals surface area contributed by atoms with Gasteiger partial charge in [-0.3, -0.25) is 4.79 Å². The van der Waals surface area contributed by atoms with Gasteiger partial charge in [-0.2, -0.15) is 8.78 Å². The molecule has 0 spiro atoms. The van der Waals surface area contributed by atoms with Crippen LogP contribution >= 0.6 is 11.6 Å². The van der Waals surface area contributed by atoms with Crippen LogP contribution in [-0.4, -0.2) is 17.5 Å². The summed E-state index contributed by atoms with van der Waals surface area (Å²) in [6.07, 6.45) is 1.44. The van der Waals surface area contributed by atoms with E-state index in [1.54, 1.807) is 6.07 Å². The Morgan fingerprint density at radius 3 is 2.80 bits per heavy atom. The maximum atomic E-state index is 12.1. The van der Waals surface area contributed by atoms with Crippen LogP contribution in [0.2, 0.25) is 5.15 Å². The molecule has 0 unspecified atom stereocenters. The number of pyridine rings is 1. The number of alkyl halides is 2. The third kappa shape index (κ3) is 3.89. The molecular weight excluding hydrogens is 290 g/mol. The quantitative estimate of drug-likeness (QED) is 0.878. The van der Waals surface area contributed by atoms with Crippen LogP contribution in [0.15, 0.2) is 42.6 Å². The van der Waals surface area contributed by atoms with Crippen molar-refractivity contribution in [2.75, 3.05) is 5.32 Å². The van der Waals surface area contributed by atoms with Crippen LogP contribution in [0.25, 0.3) is 0 Å². The summed E-state index contributed by atoms with van der Waals surface area (Å²) >= 11 is 5.69. The summed E-state index contributed by atoms with van der Waals surface area (Å²) in [4.78, 5) is 15.7. The Hall–Kier alpha value is -2.21. The molecule has 0 aliphatic heterocycles. The number of anilines is 1. The number of carbonyl (C=O) groups is 1. The van der Waals surface area contributed by atoms with Gasteiger partial charge in [0, 0.05) is 17.4 Å². The van der Waals surface area contributed by atoms with Crippen molar-refractivity contribution in [3.05, 3.63) is 53.3 Å². The van der Waals surface area contributed by atoms with E-state index < -0.39 is 12.5 Å². The first-order valence-electron chi connectivity index (χ1n) is 5.52. The largest absolute Gasteiger partial charge is 0.435 e. The summed E-state index contributed by atoms with van der Waals surface area (Å²) in [6, 6.07) is 8.53. The SMILES string of the molecule is O=C(Nc1ccnc(Cl)c1)c1cccc(OC(F)F)c1. The highest BCUT2D eigenvalue weighted by atomic mass is 35.5. The molecule has 20 heavy (non-hydrogen) atoms. The van der Waals surface area contributed by atoms with Gasteiger partial charge in [0.2, 0.25) is 0 Å². The Kier molecular flexibility index (Phi) is 4.47. The molecule has 0 fully saturated rings. The molecule has 2 aromatic rings. The molecule has 2 rings (SSSR count). The molecule has 0 saturated heterocycles. The number of hydrogen-bond donors (Lipinski definition) is 1. The van der Waals surface area contributed by atoms with Crippen LogP contribution in [0.5, 0.6) is 5.75 Å². The van der Waals surface area contributed by atoms with Crippen LogP contribution in [-0.2, 0) is 0 Å². The predicted octanol–water partition coefficient (Wildman–Crippen LogP) is 3.59. The van der Waals surface area contributed by atoms with Gasteiger partial charge in [-0.15, -0.1) is 0 Å². The highest BCUT2D eigenvalue weighted by Crippen LogP contribution is 2.18. The molecule has 0 aliphatic carbocycles. The number of benzene rings is 1. The van der Waals surface area contributed by atoms with Gasteiger partial charge in [-0.1, -0.05) is 17.7 Å². The number of hydrogen-bond acceptors (Lipinski definition) is 3. The van der Waals surface area contributed by atoms with Gasteiger partial charge in [0.1, 0.15) is 10.9 Å². The summed E-state index contributed by atoms with van der Waals surface area (Å²) in [5, 5.41) is 2.81. The fourth-order valence-electron chi connectivity index (χ4n) is 1.50. The standard InChI is InChI=1S/C13H9ClF2N2O2/c14-11-7-9(4-5-17-11)18-12(19)8-2-1-3-10(6-8)20-13(15)16/h1-7,13H,(H,17,18,19). The molecule has 0 atom stereocenters. The van der Waals surface area contributed by atoms with Gasteiger partial charge in [0.05, 0.1) is 0 Å². The zero-order chi connectivity index (χ0) is 14.5. The van der Waals surface area contributed by atoms with E-state index in [-0.39, 0.29) is 16.5 Å². The molecule has 0 saturated carbocycles. The van der Waals surface area contributed by atoms with Crippen LogP contribution in [0.4, 0.5) is 14.5 Å². The maximum Gasteiger partial charge on any atom is 0.387 e. The third-order valence-electron chi connectivity index (χ3n) is 2.31. The highest BCUT2D eigenvalue weighted by molar-refractivity contribution is 6.29. The Morgan fingerprint density at radius 1 is 1.30 bits per heavy atom. The van der Waals surface area contributed by atoms with Gasteiger partial charge in [0.15, 0.2) is 0 Å². The molecule has 0 radical (unpaired) electrons. The first-order valence-corrected chi connectivity index (χ1v) is 5.90. The second-order valence-corrected chi connectivity index (χ2v) is 4.11. The zero-order valence-corrected chi connectivity index (χ0v) is 10.8. The second kappa shape index (κ2) is 6.29. The van der Waals surface area contributed by atoms with Crippen molar-refractivity contribution in [2.45, 2.75) is 6.61 Å². The third-order valence-corrected chi connectivity index (χ3v) is 2.51. The lowest BCUT2D eigenvalue weighted by atomic mass is 10.2. The molecule has 7 heteroatoms. The lowest BCUT2D eigenvalue weighted by Gasteiger charge is -2.08. The van der Waals surface area contributed by atoms with E-state index in [4.69, 9.17) is 11.6 Å². The average Bonchev–Trinajstić information content (AvgIpc) is 2.38. The monoisotopic (exact) mass is 298 g/mol. The Labute approximate surface area is 118 Å². The number of rotatable bonds is 4. The number of halogens is 3. The van der Waals surface area contributed by atoms with Gasteiger partial charge in [-0.05, 0) is 30.3 Å². The van der Waals surface area contributed by atoms with Gasteiger partial charge in [0.25, 0.3) is 5.91 Å². The maximum absolute atomic E-state index is 12.1. The first kappa shape index (κ1) is 14.2. The zero-order valence-electron chi connectivity index (χ0n) is 10.0. The fraction of sp³-hybridized carbons (Fsp3) is 0.0769. The summed E-state index contributed by atoms with van der Waals surface area (Å²) in [5.41, 5.74) is 0.645. The molecule has 104 valence electrons. The molecule has 1 heterocycles. The van der Waals surface area contributed by atoms with Crippen LogP contribution in [0, 0.1) is 0 Å². The van der Waals surface area contributed by atoms with Crippen molar-refractivity contribution in [1.82, 2.24) is 4.98 Å². The highest BCUT2D eigenvalue weighted by Gasteiger charge is 2.10. The topological polar surface area (TPSA) is 51.2 Å². The van der Waals surface area contributed by atoms with Crippen molar-refractivity contribution < 1.29 is 18.3 Å². The van der Waals surface area contributed by atoms with Gasteiger partial charge < -0.3 is 10.1 Å². The van der Waals surface area contributed by atoms with Crippen molar-refractivity contribution in [2.24, 2.45) is 0 Å². The minimum Gasteiger partial charge on any atom is -0.435 e. The fourth-order valence-corrected chi connectivity index (χ4v) is 1.67. The molecule has 4 nitrogen and oxygen atoms in total. The molecule has 1 amide bonds. The van der Waals surface area contributed by atoms with Crippen molar-refractivity contribution in [1.29, 1.82) is 0 Å². The Balaban J connectivity index is 2.13. The van der Waals surface area contributed by atoms with E-state index in [0.29, 0.717) is 5.69 Å². The summed E-state index contributed by atoms with van der Waals surface area (Å²) in [5.74, 6) is -0.549. The molecule has 1 N–H and O–H groups in total. The van der Waals surface area contributed by atoms with E-state index in [9.17, 15) is 13.6 Å². The second-order valence-electron chi connectivity index (χ2n) is 3.73. The molecule has 0 bridgehead atoms. The number of amides is 1. The molecular formula is C13H9ClF2N2O2. The lowest BCUT2D eigenvalue weighted by Crippen LogP contribution is -2.12. The first-order chi connectivity index (χ1) is 9.54.